The van der Waals surface area contributed by atoms with E-state index < -0.39 is 18.8 Å². The summed E-state index contributed by atoms with van der Waals surface area (Å²) < 4.78 is 44.6. The number of benzene rings is 1. The van der Waals surface area contributed by atoms with E-state index in [-0.39, 0.29) is 5.56 Å². The van der Waals surface area contributed by atoms with E-state index in [0.29, 0.717) is 17.1 Å². The Morgan fingerprint density at radius 1 is 1.35 bits per heavy atom. The maximum atomic E-state index is 14.1. The molecule has 0 unspecified atom stereocenters. The molecule has 5 heteroatoms. The smallest absolute Gasteiger partial charge is 0.256 e. The first-order valence-electron chi connectivity index (χ1n) is 6.00. The van der Waals surface area contributed by atoms with Crippen molar-refractivity contribution in [2.24, 2.45) is 0 Å². The van der Waals surface area contributed by atoms with E-state index in [1.54, 1.807) is 24.3 Å². The zero-order chi connectivity index (χ0) is 14.7. The molecule has 1 heterocycles. The number of hydrogen-bond donors (Lipinski definition) is 0. The van der Waals surface area contributed by atoms with E-state index >= 15 is 0 Å². The van der Waals surface area contributed by atoms with Crippen LogP contribution in [0.2, 0.25) is 0 Å². The van der Waals surface area contributed by atoms with E-state index in [0.717, 1.165) is 0 Å². The zero-order valence-electron chi connectivity index (χ0n) is 10.9. The number of methoxy groups -OCH3 is 1. The van der Waals surface area contributed by atoms with Crippen LogP contribution in [0.25, 0.3) is 5.70 Å². The summed E-state index contributed by atoms with van der Waals surface area (Å²) in [6.45, 7) is 3.16. The molecule has 20 heavy (non-hydrogen) atoms. The standard InChI is InChI=1S/C15H14F3NO/c1-10-5-3-7-12(19(10)9-14(17)18)15-11(16)6-4-8-13(15)20-2/h3-8,14H,1,9H2,2H3. The van der Waals surface area contributed by atoms with Crippen LogP contribution in [0.3, 0.4) is 0 Å². The second kappa shape index (κ2) is 5.86. The van der Waals surface area contributed by atoms with Crippen LogP contribution in [0.1, 0.15) is 5.56 Å². The number of halogens is 3. The van der Waals surface area contributed by atoms with Crippen molar-refractivity contribution in [1.29, 1.82) is 0 Å². The van der Waals surface area contributed by atoms with Crippen molar-refractivity contribution in [3.8, 4) is 5.75 Å². The van der Waals surface area contributed by atoms with Crippen LogP contribution < -0.4 is 4.74 Å². The second-order valence-corrected chi connectivity index (χ2v) is 4.22. The molecule has 0 saturated heterocycles. The minimum Gasteiger partial charge on any atom is -0.496 e. The van der Waals surface area contributed by atoms with E-state index in [4.69, 9.17) is 4.74 Å². The lowest BCUT2D eigenvalue weighted by Gasteiger charge is -2.30. The molecular weight excluding hydrogens is 267 g/mol. The maximum absolute atomic E-state index is 14.1. The van der Waals surface area contributed by atoms with E-state index in [9.17, 15) is 13.2 Å². The fourth-order valence-electron chi connectivity index (χ4n) is 2.08. The molecule has 1 aliphatic heterocycles. The maximum Gasteiger partial charge on any atom is 0.256 e. The molecule has 0 atom stereocenters. The van der Waals surface area contributed by atoms with Gasteiger partial charge in [-0.2, -0.15) is 0 Å². The summed E-state index contributed by atoms with van der Waals surface area (Å²) in [5.74, 6) is -0.239. The number of alkyl halides is 2. The molecule has 0 saturated carbocycles. The molecule has 0 bridgehead atoms. The van der Waals surface area contributed by atoms with Crippen molar-refractivity contribution in [3.05, 3.63) is 60.1 Å². The molecule has 0 aromatic heterocycles. The highest BCUT2D eigenvalue weighted by Gasteiger charge is 2.24. The molecule has 0 spiro atoms. The molecule has 2 rings (SSSR count). The van der Waals surface area contributed by atoms with Gasteiger partial charge >= 0.3 is 0 Å². The van der Waals surface area contributed by atoms with Crippen molar-refractivity contribution in [1.82, 2.24) is 4.90 Å². The largest absolute Gasteiger partial charge is 0.496 e. The lowest BCUT2D eigenvalue weighted by Crippen LogP contribution is -2.27. The summed E-state index contributed by atoms with van der Waals surface area (Å²) in [6.07, 6.45) is 2.25. The van der Waals surface area contributed by atoms with Crippen LogP contribution in [0.4, 0.5) is 13.2 Å². The van der Waals surface area contributed by atoms with Crippen LogP contribution in [0, 0.1) is 5.82 Å². The van der Waals surface area contributed by atoms with Gasteiger partial charge in [-0.05, 0) is 24.3 Å². The summed E-state index contributed by atoms with van der Waals surface area (Å²) in [7, 11) is 1.41. The molecule has 0 fully saturated rings. The first-order chi connectivity index (χ1) is 9.54. The molecule has 0 radical (unpaired) electrons. The lowest BCUT2D eigenvalue weighted by molar-refractivity contribution is 0.123. The van der Waals surface area contributed by atoms with Crippen molar-refractivity contribution in [2.45, 2.75) is 6.43 Å². The molecule has 0 N–H and O–H groups in total. The average Bonchev–Trinajstić information content (AvgIpc) is 2.40. The third-order valence-corrected chi connectivity index (χ3v) is 2.95. The fraction of sp³-hybridized carbons (Fsp3) is 0.200. The van der Waals surface area contributed by atoms with Crippen molar-refractivity contribution in [2.75, 3.05) is 13.7 Å². The van der Waals surface area contributed by atoms with Gasteiger partial charge in [0.1, 0.15) is 11.6 Å². The molecule has 1 aromatic rings. The monoisotopic (exact) mass is 281 g/mol. The summed E-state index contributed by atoms with van der Waals surface area (Å²) in [5, 5.41) is 0. The van der Waals surface area contributed by atoms with Gasteiger partial charge in [-0.1, -0.05) is 18.7 Å². The van der Waals surface area contributed by atoms with Gasteiger partial charge in [0.05, 0.1) is 24.9 Å². The topological polar surface area (TPSA) is 12.5 Å². The van der Waals surface area contributed by atoms with Gasteiger partial charge in [0.25, 0.3) is 6.43 Å². The molecule has 1 aromatic carbocycles. The first kappa shape index (κ1) is 14.2. The fourth-order valence-corrected chi connectivity index (χ4v) is 2.08. The van der Waals surface area contributed by atoms with Gasteiger partial charge in [-0.15, -0.1) is 0 Å². The van der Waals surface area contributed by atoms with Gasteiger partial charge < -0.3 is 9.64 Å². The van der Waals surface area contributed by atoms with Crippen molar-refractivity contribution >= 4 is 5.70 Å². The Bertz CT molecular complexity index is 578. The quantitative estimate of drug-likeness (QED) is 0.831. The Morgan fingerprint density at radius 3 is 2.75 bits per heavy atom. The Labute approximate surface area is 115 Å². The van der Waals surface area contributed by atoms with Gasteiger partial charge in [0.15, 0.2) is 0 Å². The average molecular weight is 281 g/mol. The number of nitrogens with zero attached hydrogens (tertiary/aromatic N) is 1. The van der Waals surface area contributed by atoms with Crippen LogP contribution >= 0.6 is 0 Å². The molecule has 106 valence electrons. The van der Waals surface area contributed by atoms with Gasteiger partial charge in [-0.25, -0.2) is 13.2 Å². The Morgan fingerprint density at radius 2 is 2.10 bits per heavy atom. The molecule has 2 nitrogen and oxygen atoms in total. The van der Waals surface area contributed by atoms with Crippen molar-refractivity contribution in [3.63, 3.8) is 0 Å². The van der Waals surface area contributed by atoms with Crippen molar-refractivity contribution < 1.29 is 17.9 Å². The zero-order valence-corrected chi connectivity index (χ0v) is 10.9. The summed E-state index contributed by atoms with van der Waals surface area (Å²) in [5.41, 5.74) is 0.849. The molecule has 1 aliphatic rings. The molecular formula is C15H14F3NO. The van der Waals surface area contributed by atoms with Gasteiger partial charge in [0.2, 0.25) is 0 Å². The third-order valence-electron chi connectivity index (χ3n) is 2.95. The van der Waals surface area contributed by atoms with E-state index in [1.807, 2.05) is 0 Å². The summed E-state index contributed by atoms with van der Waals surface area (Å²) in [4.78, 5) is 1.28. The minimum absolute atomic E-state index is 0.154. The molecule has 0 amide bonds. The predicted octanol–water partition coefficient (Wildman–Crippen LogP) is 3.83. The second-order valence-electron chi connectivity index (χ2n) is 4.22. The Hall–Kier alpha value is -2.17. The normalized spacial score (nSPS) is 14.8. The first-order valence-corrected chi connectivity index (χ1v) is 6.00. The number of rotatable bonds is 4. The summed E-state index contributed by atoms with van der Waals surface area (Å²) >= 11 is 0. The summed E-state index contributed by atoms with van der Waals surface area (Å²) in [6, 6.07) is 4.35. The Kier molecular flexibility index (Phi) is 4.17. The number of allylic oxidation sites excluding steroid dienone is 3. The van der Waals surface area contributed by atoms with Crippen LogP contribution in [-0.2, 0) is 0 Å². The van der Waals surface area contributed by atoms with Crippen LogP contribution in [-0.4, -0.2) is 25.0 Å². The molecule has 0 aliphatic carbocycles. The van der Waals surface area contributed by atoms with Gasteiger partial charge in [0, 0.05) is 5.70 Å². The van der Waals surface area contributed by atoms with E-state index in [1.165, 1.54) is 24.1 Å². The predicted molar refractivity (Wildman–Crippen MR) is 71.9 cm³/mol. The Balaban J connectivity index is 2.51. The van der Waals surface area contributed by atoms with Crippen LogP contribution in [0.5, 0.6) is 5.75 Å². The van der Waals surface area contributed by atoms with E-state index in [2.05, 4.69) is 6.58 Å². The highest BCUT2D eigenvalue weighted by molar-refractivity contribution is 5.74. The van der Waals surface area contributed by atoms with Gasteiger partial charge in [-0.3, -0.25) is 0 Å². The minimum atomic E-state index is -2.56. The number of ether oxygens (including phenoxy) is 1. The SMILES string of the molecule is C=C1C=CC=C(c2c(F)cccc2OC)N1CC(F)F. The highest BCUT2D eigenvalue weighted by atomic mass is 19.3. The third kappa shape index (κ3) is 2.71. The lowest BCUT2D eigenvalue weighted by atomic mass is 10.0. The highest BCUT2D eigenvalue weighted by Crippen LogP contribution is 2.35. The van der Waals surface area contributed by atoms with Crippen LogP contribution in [0.15, 0.2) is 48.7 Å². The number of hydrogen-bond acceptors (Lipinski definition) is 2.